The maximum atomic E-state index is 9.99. The van der Waals surface area contributed by atoms with Gasteiger partial charge in [-0.15, -0.1) is 22.7 Å². The van der Waals surface area contributed by atoms with Crippen LogP contribution < -0.4 is 0 Å². The van der Waals surface area contributed by atoms with Gasteiger partial charge in [-0.05, 0) is 17.9 Å². The van der Waals surface area contributed by atoms with Crippen LogP contribution in [0.2, 0.25) is 5.02 Å². The number of rotatable bonds is 3. The highest BCUT2D eigenvalue weighted by Crippen LogP contribution is 2.34. The molecule has 0 bridgehead atoms. The predicted octanol–water partition coefficient (Wildman–Crippen LogP) is 3.44. The minimum absolute atomic E-state index is 0.517. The monoisotopic (exact) mass is 259 g/mol. The van der Waals surface area contributed by atoms with Crippen LogP contribution in [0.5, 0.6) is 0 Å². The Morgan fingerprint density at radius 2 is 2.33 bits per heavy atom. The number of aliphatic hydroxyl groups excluding tert-OH is 1. The van der Waals surface area contributed by atoms with Crippen molar-refractivity contribution in [2.45, 2.75) is 19.4 Å². The van der Waals surface area contributed by atoms with E-state index in [9.17, 15) is 5.11 Å². The van der Waals surface area contributed by atoms with Gasteiger partial charge in [0.1, 0.15) is 0 Å². The lowest BCUT2D eigenvalue weighted by molar-refractivity contribution is 0.183. The molecule has 2 nitrogen and oxygen atoms in total. The summed E-state index contributed by atoms with van der Waals surface area (Å²) >= 11 is 9.14. The van der Waals surface area contributed by atoms with Crippen LogP contribution >= 0.6 is 34.3 Å². The zero-order valence-electron chi connectivity index (χ0n) is 8.11. The Kier molecular flexibility index (Phi) is 3.41. The van der Waals surface area contributed by atoms with E-state index in [1.807, 2.05) is 12.3 Å². The van der Waals surface area contributed by atoms with Crippen LogP contribution in [0, 0.1) is 6.92 Å². The van der Waals surface area contributed by atoms with Crippen LogP contribution in [0.4, 0.5) is 0 Å². The summed E-state index contributed by atoms with van der Waals surface area (Å²) in [5.41, 5.74) is 2.79. The first kappa shape index (κ1) is 11.1. The van der Waals surface area contributed by atoms with E-state index in [2.05, 4.69) is 4.98 Å². The largest absolute Gasteiger partial charge is 0.387 e. The Morgan fingerprint density at radius 1 is 1.53 bits per heavy atom. The molecule has 0 saturated carbocycles. The van der Waals surface area contributed by atoms with Crippen LogP contribution in [0.15, 0.2) is 17.1 Å². The lowest BCUT2D eigenvalue weighted by Crippen LogP contribution is -1.98. The minimum Gasteiger partial charge on any atom is -0.387 e. The normalized spacial score (nSPS) is 13.0. The molecule has 0 saturated heterocycles. The van der Waals surface area contributed by atoms with E-state index in [-0.39, 0.29) is 0 Å². The van der Waals surface area contributed by atoms with Crippen LogP contribution in [0.1, 0.15) is 21.4 Å². The van der Waals surface area contributed by atoms with Gasteiger partial charge in [-0.2, -0.15) is 0 Å². The topological polar surface area (TPSA) is 33.1 Å². The zero-order valence-corrected chi connectivity index (χ0v) is 10.5. The Morgan fingerprint density at radius 3 is 2.87 bits per heavy atom. The molecule has 0 amide bonds. The maximum absolute atomic E-state index is 9.99. The molecule has 1 N–H and O–H groups in total. The lowest BCUT2D eigenvalue weighted by Gasteiger charge is -2.07. The van der Waals surface area contributed by atoms with Gasteiger partial charge in [0.2, 0.25) is 0 Å². The number of hydrogen-bond acceptors (Lipinski definition) is 4. The van der Waals surface area contributed by atoms with Gasteiger partial charge in [-0.1, -0.05) is 11.6 Å². The fraction of sp³-hybridized carbons (Fsp3) is 0.300. The molecule has 0 aliphatic heterocycles. The van der Waals surface area contributed by atoms with Crippen molar-refractivity contribution in [3.05, 3.63) is 37.4 Å². The van der Waals surface area contributed by atoms with Crippen molar-refractivity contribution in [1.29, 1.82) is 0 Å². The second-order valence-corrected chi connectivity index (χ2v) is 5.54. The van der Waals surface area contributed by atoms with Crippen LogP contribution in [-0.4, -0.2) is 10.1 Å². The van der Waals surface area contributed by atoms with Crippen molar-refractivity contribution >= 4 is 34.3 Å². The quantitative estimate of drug-likeness (QED) is 0.916. The molecule has 1 unspecified atom stereocenters. The summed E-state index contributed by atoms with van der Waals surface area (Å²) in [6.07, 6.45) is 1.85. The van der Waals surface area contributed by atoms with Crippen molar-refractivity contribution in [2.75, 3.05) is 0 Å². The molecule has 2 rings (SSSR count). The van der Waals surface area contributed by atoms with Crippen molar-refractivity contribution in [1.82, 2.24) is 4.98 Å². The molecule has 0 radical (unpaired) electrons. The third-order valence-corrected chi connectivity index (χ3v) is 4.72. The van der Waals surface area contributed by atoms with E-state index in [1.165, 1.54) is 11.3 Å². The third kappa shape index (κ3) is 2.39. The SMILES string of the molecule is Cc1csc(C(O)Cc2cncs2)c1Cl. The van der Waals surface area contributed by atoms with Crippen molar-refractivity contribution in [3.8, 4) is 0 Å². The molecule has 5 heteroatoms. The highest BCUT2D eigenvalue weighted by Gasteiger charge is 2.16. The Hall–Kier alpha value is -0.420. The van der Waals surface area contributed by atoms with E-state index in [0.29, 0.717) is 11.4 Å². The first-order chi connectivity index (χ1) is 7.18. The molecule has 0 aliphatic rings. The summed E-state index contributed by atoms with van der Waals surface area (Å²) < 4.78 is 0. The Balaban J connectivity index is 2.14. The molecular weight excluding hydrogens is 250 g/mol. The van der Waals surface area contributed by atoms with Gasteiger partial charge >= 0.3 is 0 Å². The van der Waals surface area contributed by atoms with E-state index < -0.39 is 6.10 Å². The number of aromatic nitrogens is 1. The smallest absolute Gasteiger partial charge is 0.0945 e. The molecule has 0 aliphatic carbocycles. The van der Waals surface area contributed by atoms with Crippen LogP contribution in [0.3, 0.4) is 0 Å². The fourth-order valence-corrected chi connectivity index (χ4v) is 3.24. The Bertz CT molecular complexity index is 438. The van der Waals surface area contributed by atoms with Gasteiger partial charge in [0.05, 0.1) is 21.5 Å². The number of aliphatic hydroxyl groups is 1. The lowest BCUT2D eigenvalue weighted by atomic mass is 10.2. The average molecular weight is 260 g/mol. The number of aryl methyl sites for hydroxylation is 1. The molecule has 0 spiro atoms. The second kappa shape index (κ2) is 4.61. The first-order valence-corrected chi connectivity index (χ1v) is 6.61. The zero-order chi connectivity index (χ0) is 10.8. The molecule has 80 valence electrons. The van der Waals surface area contributed by atoms with Gasteiger partial charge in [-0.3, -0.25) is 4.98 Å². The summed E-state index contributed by atoms with van der Waals surface area (Å²) in [4.78, 5) is 5.90. The van der Waals surface area contributed by atoms with E-state index >= 15 is 0 Å². The standard InChI is InChI=1S/C10H10ClNOS2/c1-6-4-14-10(9(6)11)8(13)2-7-3-12-5-15-7/h3-5,8,13H,2H2,1H3. The average Bonchev–Trinajstić information content (AvgIpc) is 2.79. The summed E-state index contributed by atoms with van der Waals surface area (Å²) in [7, 11) is 0. The first-order valence-electron chi connectivity index (χ1n) is 4.47. The van der Waals surface area contributed by atoms with E-state index in [1.54, 1.807) is 23.0 Å². The van der Waals surface area contributed by atoms with Gasteiger partial charge < -0.3 is 5.11 Å². The van der Waals surface area contributed by atoms with Crippen LogP contribution in [-0.2, 0) is 6.42 Å². The number of thiazole rings is 1. The van der Waals surface area contributed by atoms with Crippen molar-refractivity contribution in [2.24, 2.45) is 0 Å². The molecule has 15 heavy (non-hydrogen) atoms. The summed E-state index contributed by atoms with van der Waals surface area (Å²) in [5.74, 6) is 0. The summed E-state index contributed by atoms with van der Waals surface area (Å²) in [5, 5.41) is 12.6. The summed E-state index contributed by atoms with van der Waals surface area (Å²) in [6.45, 7) is 1.95. The summed E-state index contributed by atoms with van der Waals surface area (Å²) in [6, 6.07) is 0. The van der Waals surface area contributed by atoms with Crippen molar-refractivity contribution < 1.29 is 5.11 Å². The molecule has 0 aromatic carbocycles. The highest BCUT2D eigenvalue weighted by atomic mass is 35.5. The molecule has 0 fully saturated rings. The molecule has 1 atom stereocenters. The molecule has 2 aromatic rings. The Labute approximate surface area is 101 Å². The maximum Gasteiger partial charge on any atom is 0.0945 e. The van der Waals surface area contributed by atoms with Crippen LogP contribution in [0.25, 0.3) is 0 Å². The molecular formula is C10H10ClNOS2. The van der Waals surface area contributed by atoms with E-state index in [4.69, 9.17) is 11.6 Å². The molecule has 2 aromatic heterocycles. The third-order valence-electron chi connectivity index (χ3n) is 2.11. The van der Waals surface area contributed by atoms with Gasteiger partial charge in [-0.25, -0.2) is 0 Å². The van der Waals surface area contributed by atoms with Gasteiger partial charge in [0.25, 0.3) is 0 Å². The minimum atomic E-state index is -0.517. The van der Waals surface area contributed by atoms with Gasteiger partial charge in [0, 0.05) is 17.5 Å². The number of halogens is 1. The van der Waals surface area contributed by atoms with Gasteiger partial charge in [0.15, 0.2) is 0 Å². The number of hydrogen-bond donors (Lipinski definition) is 1. The number of thiophene rings is 1. The van der Waals surface area contributed by atoms with Crippen molar-refractivity contribution in [3.63, 3.8) is 0 Å². The molecule has 2 heterocycles. The predicted molar refractivity (Wildman–Crippen MR) is 64.8 cm³/mol. The van der Waals surface area contributed by atoms with E-state index in [0.717, 1.165) is 15.3 Å². The fourth-order valence-electron chi connectivity index (χ4n) is 1.30. The number of nitrogens with zero attached hydrogens (tertiary/aromatic N) is 1. The second-order valence-electron chi connectivity index (χ2n) is 3.28. The highest BCUT2D eigenvalue weighted by molar-refractivity contribution is 7.11.